The van der Waals surface area contributed by atoms with E-state index in [1.165, 1.54) is 95.2 Å². The number of hydrogen-bond donors (Lipinski definition) is 0. The van der Waals surface area contributed by atoms with Crippen LogP contribution in [0.15, 0.2) is 18.2 Å². The molecule has 0 aliphatic carbocycles. The van der Waals surface area contributed by atoms with Gasteiger partial charge in [-0.15, -0.1) is 0 Å². The lowest BCUT2D eigenvalue weighted by molar-refractivity contribution is -0.00260. The number of ether oxygens (including phenoxy) is 12. The molecule has 1 aromatic rings. The number of unbranched alkanes of at least 4 members (excludes halogenated alkanes) is 6. The first-order valence-electron chi connectivity index (χ1n) is 28.9. The maximum atomic E-state index is 13.4. The van der Waals surface area contributed by atoms with Crippen LogP contribution in [0, 0.1) is 0 Å². The Kier molecular flexibility index (Phi) is 49.7. The summed E-state index contributed by atoms with van der Waals surface area (Å²) < 4.78 is 67.3. The second-order valence-electron chi connectivity index (χ2n) is 18.3. The minimum atomic E-state index is -0.825. The van der Waals surface area contributed by atoms with Crippen molar-refractivity contribution in [2.45, 2.75) is 119 Å². The van der Waals surface area contributed by atoms with E-state index in [9.17, 15) is 14.4 Å². The number of carbonyl (C=O) groups excluding carboxylic acids is 3. The van der Waals surface area contributed by atoms with Gasteiger partial charge < -0.3 is 71.5 Å². The predicted molar refractivity (Wildman–Crippen MR) is 293 cm³/mol. The van der Waals surface area contributed by atoms with Gasteiger partial charge in [-0.2, -0.15) is 0 Å². The summed E-state index contributed by atoms with van der Waals surface area (Å²) in [5.74, 6) is -2.30. The molecule has 75 heavy (non-hydrogen) atoms. The molecule has 1 rings (SSSR count). The number of rotatable bonds is 57. The van der Waals surface area contributed by atoms with Crippen molar-refractivity contribution < 1.29 is 71.2 Å². The summed E-state index contributed by atoms with van der Waals surface area (Å²) in [6.45, 7) is 29.7. The predicted octanol–water partition coefficient (Wildman–Crippen LogP) is 8.01. The molecule has 0 atom stereocenters. The summed E-state index contributed by atoms with van der Waals surface area (Å²) in [6, 6.07) is 4.01. The average Bonchev–Trinajstić information content (AvgIpc) is 3.42. The molecule has 0 bridgehead atoms. The molecular formula is C57H105N3O15. The molecule has 0 unspecified atom stereocenters. The Morgan fingerprint density at radius 2 is 0.533 bits per heavy atom. The number of hydrogen-bond acceptors (Lipinski definition) is 18. The zero-order valence-corrected chi connectivity index (χ0v) is 47.9. The third-order valence-electron chi connectivity index (χ3n) is 11.9. The van der Waals surface area contributed by atoms with Crippen LogP contribution in [0.3, 0.4) is 0 Å². The third-order valence-corrected chi connectivity index (χ3v) is 11.9. The Bertz CT molecular complexity index is 1440. The van der Waals surface area contributed by atoms with E-state index in [0.29, 0.717) is 99.1 Å². The van der Waals surface area contributed by atoms with Gasteiger partial charge in [0.1, 0.15) is 19.8 Å². The van der Waals surface area contributed by atoms with Crippen LogP contribution >= 0.6 is 0 Å². The van der Waals surface area contributed by atoms with Gasteiger partial charge in [-0.3, -0.25) is 0 Å². The van der Waals surface area contributed by atoms with E-state index in [1.54, 1.807) is 0 Å². The Hall–Kier alpha value is -2.85. The van der Waals surface area contributed by atoms with Gasteiger partial charge in [0.15, 0.2) is 0 Å². The average molecular weight is 1070 g/mol. The van der Waals surface area contributed by atoms with Crippen molar-refractivity contribution in [1.29, 1.82) is 0 Å². The standard InChI is InChI=1S/C57H105N3O15/c1-7-13-21-58(22-14-8-2)27-30-64-33-36-67-39-42-70-45-48-73-55(61)52-19-20-53(56(62)74-49-46-71-43-40-68-37-34-65-31-28-59(23-15-9-3)24-16-10-4)54(51-52)57(63)75-50-47-72-44-41-69-38-35-66-32-29-60(25-17-11-5)26-18-12-6/h19-20,51H,7-18,21-50H2,1-6H3. The lowest BCUT2D eigenvalue weighted by atomic mass is 10.0. The largest absolute Gasteiger partial charge is 0.460 e. The van der Waals surface area contributed by atoms with Crippen LogP contribution in [-0.4, -0.2) is 230 Å². The minimum absolute atomic E-state index is 0.0286. The van der Waals surface area contributed by atoms with E-state index in [4.69, 9.17) is 56.8 Å². The molecule has 438 valence electrons. The van der Waals surface area contributed by atoms with Crippen molar-refractivity contribution in [2.75, 3.05) is 198 Å². The summed E-state index contributed by atoms with van der Waals surface area (Å²) in [5.41, 5.74) is -0.164. The van der Waals surface area contributed by atoms with Crippen molar-refractivity contribution in [3.8, 4) is 0 Å². The van der Waals surface area contributed by atoms with Crippen LogP contribution in [-0.2, 0) is 56.8 Å². The van der Waals surface area contributed by atoms with Crippen LogP contribution in [0.5, 0.6) is 0 Å². The third kappa shape index (κ3) is 40.9. The fraction of sp³-hybridized carbons (Fsp3) is 0.842. The molecule has 0 saturated carbocycles. The van der Waals surface area contributed by atoms with Crippen LogP contribution < -0.4 is 0 Å². The fourth-order valence-electron chi connectivity index (χ4n) is 7.34. The second kappa shape index (κ2) is 53.2. The highest BCUT2D eigenvalue weighted by atomic mass is 16.6. The maximum Gasteiger partial charge on any atom is 0.339 e. The van der Waals surface area contributed by atoms with Crippen molar-refractivity contribution in [3.63, 3.8) is 0 Å². The second-order valence-corrected chi connectivity index (χ2v) is 18.3. The quantitative estimate of drug-likeness (QED) is 0.0349. The molecule has 0 heterocycles. The number of benzene rings is 1. The van der Waals surface area contributed by atoms with Crippen molar-refractivity contribution in [3.05, 3.63) is 34.9 Å². The lowest BCUT2D eigenvalue weighted by Crippen LogP contribution is -2.30. The Morgan fingerprint density at radius 3 is 0.813 bits per heavy atom. The van der Waals surface area contributed by atoms with E-state index in [1.807, 2.05) is 0 Å². The van der Waals surface area contributed by atoms with Crippen molar-refractivity contribution in [2.24, 2.45) is 0 Å². The van der Waals surface area contributed by atoms with E-state index >= 15 is 0 Å². The summed E-state index contributed by atoms with van der Waals surface area (Å²) >= 11 is 0. The highest BCUT2D eigenvalue weighted by Crippen LogP contribution is 2.17. The molecule has 0 aliphatic rings. The van der Waals surface area contributed by atoms with Crippen LogP contribution in [0.25, 0.3) is 0 Å². The van der Waals surface area contributed by atoms with E-state index in [-0.39, 0.29) is 56.3 Å². The molecule has 0 aromatic heterocycles. The van der Waals surface area contributed by atoms with Crippen molar-refractivity contribution in [1.82, 2.24) is 14.7 Å². The van der Waals surface area contributed by atoms with Gasteiger partial charge in [0.05, 0.1) is 136 Å². The first-order valence-corrected chi connectivity index (χ1v) is 28.9. The van der Waals surface area contributed by atoms with Gasteiger partial charge in [-0.1, -0.05) is 80.1 Å². The summed E-state index contributed by atoms with van der Waals surface area (Å²) in [4.78, 5) is 47.1. The molecule has 0 spiro atoms. The molecule has 0 aliphatic heterocycles. The highest BCUT2D eigenvalue weighted by Gasteiger charge is 2.23. The monoisotopic (exact) mass is 1070 g/mol. The van der Waals surface area contributed by atoms with E-state index in [2.05, 4.69) is 56.2 Å². The minimum Gasteiger partial charge on any atom is -0.460 e. The Labute approximate surface area is 453 Å². The molecule has 18 heteroatoms. The summed E-state index contributed by atoms with van der Waals surface area (Å²) in [6.07, 6.45) is 14.3. The van der Waals surface area contributed by atoms with Crippen LogP contribution in [0.2, 0.25) is 0 Å². The molecule has 0 N–H and O–H groups in total. The molecule has 0 saturated heterocycles. The van der Waals surface area contributed by atoms with Crippen LogP contribution in [0.1, 0.15) is 150 Å². The zero-order valence-electron chi connectivity index (χ0n) is 47.9. The molecule has 18 nitrogen and oxygen atoms in total. The van der Waals surface area contributed by atoms with Gasteiger partial charge in [0, 0.05) is 19.6 Å². The zero-order chi connectivity index (χ0) is 54.5. The molecule has 0 fully saturated rings. The normalized spacial score (nSPS) is 11.6. The van der Waals surface area contributed by atoms with E-state index < -0.39 is 17.9 Å². The van der Waals surface area contributed by atoms with Gasteiger partial charge in [-0.25, -0.2) is 14.4 Å². The van der Waals surface area contributed by atoms with Gasteiger partial charge >= 0.3 is 17.9 Å². The first kappa shape index (κ1) is 70.2. The summed E-state index contributed by atoms with van der Waals surface area (Å²) in [7, 11) is 0. The van der Waals surface area contributed by atoms with Gasteiger partial charge in [0.2, 0.25) is 0 Å². The number of carbonyl (C=O) groups is 3. The van der Waals surface area contributed by atoms with Crippen molar-refractivity contribution >= 4 is 17.9 Å². The fourth-order valence-corrected chi connectivity index (χ4v) is 7.34. The number of esters is 3. The topological polar surface area (TPSA) is 172 Å². The Morgan fingerprint density at radius 1 is 0.293 bits per heavy atom. The highest BCUT2D eigenvalue weighted by molar-refractivity contribution is 6.05. The smallest absolute Gasteiger partial charge is 0.339 e. The maximum absolute atomic E-state index is 13.4. The first-order chi connectivity index (χ1) is 36.8. The van der Waals surface area contributed by atoms with Gasteiger partial charge in [-0.05, 0) is 96.0 Å². The van der Waals surface area contributed by atoms with Crippen LogP contribution in [0.4, 0.5) is 0 Å². The SMILES string of the molecule is CCCCN(CCCC)CCOCCOCCOCCOC(=O)c1ccc(C(=O)OCCOCCOCCOCCN(CCCC)CCCC)c(C(=O)OCCOCCOCCOCCN(CCCC)CCCC)c1. The molecule has 0 radical (unpaired) electrons. The molecule has 1 aromatic carbocycles. The van der Waals surface area contributed by atoms with Gasteiger partial charge in [0.25, 0.3) is 0 Å². The lowest BCUT2D eigenvalue weighted by Gasteiger charge is -2.21. The van der Waals surface area contributed by atoms with E-state index in [0.717, 1.165) is 58.9 Å². The molecule has 0 amide bonds. The number of nitrogens with zero attached hydrogens (tertiary/aromatic N) is 3. The Balaban J connectivity index is 2.54. The molecular weight excluding hydrogens is 967 g/mol. The summed E-state index contributed by atoms with van der Waals surface area (Å²) in [5, 5.41) is 0.